The molecule has 1 aromatic carbocycles. The molecule has 94 valence electrons. The molecule has 0 amide bonds. The summed E-state index contributed by atoms with van der Waals surface area (Å²) in [6, 6.07) is 2.63. The van der Waals surface area contributed by atoms with E-state index in [-0.39, 0.29) is 11.5 Å². The van der Waals surface area contributed by atoms with Crippen molar-refractivity contribution in [2.45, 2.75) is 13.8 Å². The zero-order valence-electron chi connectivity index (χ0n) is 9.98. The monoisotopic (exact) mass is 250 g/mol. The molecule has 6 heteroatoms. The average Bonchev–Trinajstić information content (AvgIpc) is 2.60. The van der Waals surface area contributed by atoms with Gasteiger partial charge in [-0.15, -0.1) is 0 Å². The first-order chi connectivity index (χ1) is 8.47. The Labute approximate surface area is 103 Å². The topological polar surface area (TPSA) is 56.2 Å². The lowest BCUT2D eigenvalue weighted by Gasteiger charge is -2.01. The van der Waals surface area contributed by atoms with Crippen molar-refractivity contribution in [3.8, 4) is 0 Å². The summed E-state index contributed by atoms with van der Waals surface area (Å²) in [4.78, 5) is 3.94. The van der Waals surface area contributed by atoms with Crippen LogP contribution in [-0.2, 0) is 0 Å². The first-order valence-corrected chi connectivity index (χ1v) is 5.29. The lowest BCUT2D eigenvalue weighted by Crippen LogP contribution is -1.99. The van der Waals surface area contributed by atoms with Crippen molar-refractivity contribution in [1.29, 1.82) is 0 Å². The fourth-order valence-corrected chi connectivity index (χ4v) is 1.57. The van der Waals surface area contributed by atoms with Gasteiger partial charge in [-0.1, -0.05) is 0 Å². The van der Waals surface area contributed by atoms with Gasteiger partial charge in [0.1, 0.15) is 0 Å². The van der Waals surface area contributed by atoms with Gasteiger partial charge in [0.25, 0.3) is 0 Å². The Bertz CT molecular complexity index is 617. The van der Waals surface area contributed by atoms with E-state index in [1.165, 1.54) is 17.0 Å². The standard InChI is InChI=1S/C12H12F2N4/c1-7-3-9(11(14)10(13)4-7)5-16-18-6-8(2)17-12(18)15/h3-6H,1-2H3,(H2,15,17). The molecule has 1 aromatic heterocycles. The summed E-state index contributed by atoms with van der Waals surface area (Å²) in [5.41, 5.74) is 6.95. The quantitative estimate of drug-likeness (QED) is 0.831. The molecule has 0 fully saturated rings. The van der Waals surface area contributed by atoms with Gasteiger partial charge < -0.3 is 5.73 Å². The van der Waals surface area contributed by atoms with Gasteiger partial charge in [-0.2, -0.15) is 5.10 Å². The highest BCUT2D eigenvalue weighted by molar-refractivity contribution is 5.80. The van der Waals surface area contributed by atoms with Crippen molar-refractivity contribution in [2.75, 3.05) is 5.73 Å². The third kappa shape index (κ3) is 2.37. The van der Waals surface area contributed by atoms with Crippen LogP contribution in [0.2, 0.25) is 0 Å². The van der Waals surface area contributed by atoms with Gasteiger partial charge in [-0.05, 0) is 31.5 Å². The van der Waals surface area contributed by atoms with E-state index in [0.717, 1.165) is 6.07 Å². The van der Waals surface area contributed by atoms with Gasteiger partial charge in [0, 0.05) is 5.56 Å². The van der Waals surface area contributed by atoms with Crippen molar-refractivity contribution >= 4 is 12.2 Å². The van der Waals surface area contributed by atoms with Crippen molar-refractivity contribution in [2.24, 2.45) is 5.10 Å². The molecular weight excluding hydrogens is 238 g/mol. The maximum atomic E-state index is 13.5. The van der Waals surface area contributed by atoms with Crippen molar-refractivity contribution in [3.05, 3.63) is 46.8 Å². The highest BCUT2D eigenvalue weighted by Crippen LogP contribution is 2.13. The van der Waals surface area contributed by atoms with Crippen molar-refractivity contribution < 1.29 is 8.78 Å². The lowest BCUT2D eigenvalue weighted by molar-refractivity contribution is 0.506. The fourth-order valence-electron chi connectivity index (χ4n) is 1.57. The van der Waals surface area contributed by atoms with Gasteiger partial charge in [0.2, 0.25) is 5.95 Å². The summed E-state index contributed by atoms with van der Waals surface area (Å²) in [6.07, 6.45) is 2.80. The lowest BCUT2D eigenvalue weighted by atomic mass is 10.1. The molecule has 1 heterocycles. The molecule has 0 aliphatic carbocycles. The van der Waals surface area contributed by atoms with Crippen LogP contribution < -0.4 is 5.73 Å². The first-order valence-electron chi connectivity index (χ1n) is 5.29. The number of nitrogens with zero attached hydrogens (tertiary/aromatic N) is 3. The van der Waals surface area contributed by atoms with Crippen LogP contribution >= 0.6 is 0 Å². The summed E-state index contributed by atoms with van der Waals surface area (Å²) >= 11 is 0. The smallest absolute Gasteiger partial charge is 0.221 e. The second-order valence-corrected chi connectivity index (χ2v) is 3.98. The Kier molecular flexibility index (Phi) is 3.10. The largest absolute Gasteiger partial charge is 0.368 e. The molecule has 0 saturated carbocycles. The zero-order chi connectivity index (χ0) is 13.3. The van der Waals surface area contributed by atoms with Crippen LogP contribution in [0.3, 0.4) is 0 Å². The molecule has 18 heavy (non-hydrogen) atoms. The summed E-state index contributed by atoms with van der Waals surface area (Å²) in [5.74, 6) is -1.64. The summed E-state index contributed by atoms with van der Waals surface area (Å²) < 4.78 is 27.9. The molecule has 0 aliphatic heterocycles. The van der Waals surface area contributed by atoms with Gasteiger partial charge in [0.15, 0.2) is 11.6 Å². The highest BCUT2D eigenvalue weighted by atomic mass is 19.2. The van der Waals surface area contributed by atoms with E-state index in [1.807, 2.05) is 0 Å². The number of benzene rings is 1. The molecule has 0 atom stereocenters. The number of aromatic nitrogens is 2. The van der Waals surface area contributed by atoms with E-state index < -0.39 is 11.6 Å². The van der Waals surface area contributed by atoms with Crippen LogP contribution in [0, 0.1) is 25.5 Å². The number of hydrogen-bond donors (Lipinski definition) is 1. The zero-order valence-corrected chi connectivity index (χ0v) is 9.98. The SMILES string of the molecule is Cc1cc(F)c(F)c(C=Nn2cc(C)nc2N)c1. The number of aryl methyl sites for hydroxylation is 2. The Hall–Kier alpha value is -2.24. The fraction of sp³-hybridized carbons (Fsp3) is 0.167. The predicted octanol–water partition coefficient (Wildman–Crippen LogP) is 2.24. The maximum absolute atomic E-state index is 13.5. The van der Waals surface area contributed by atoms with Gasteiger partial charge >= 0.3 is 0 Å². The molecule has 2 rings (SSSR count). The minimum Gasteiger partial charge on any atom is -0.368 e. The molecular formula is C12H12F2N4. The van der Waals surface area contributed by atoms with Crippen LogP contribution in [0.5, 0.6) is 0 Å². The van der Waals surface area contributed by atoms with Gasteiger partial charge in [0.05, 0.1) is 18.1 Å². The molecule has 0 saturated heterocycles. The van der Waals surface area contributed by atoms with Crippen LogP contribution in [-0.4, -0.2) is 15.9 Å². The number of hydrogen-bond acceptors (Lipinski definition) is 3. The Morgan fingerprint density at radius 2 is 2.06 bits per heavy atom. The average molecular weight is 250 g/mol. The minimum absolute atomic E-state index is 0.0678. The number of halogens is 2. The molecule has 0 aliphatic rings. The Morgan fingerprint density at radius 1 is 1.33 bits per heavy atom. The molecule has 2 aromatic rings. The van der Waals surface area contributed by atoms with E-state index in [2.05, 4.69) is 10.1 Å². The van der Waals surface area contributed by atoms with Crippen LogP contribution in [0.4, 0.5) is 14.7 Å². The van der Waals surface area contributed by atoms with Gasteiger partial charge in [-0.25, -0.2) is 18.4 Å². The molecule has 0 unspecified atom stereocenters. The van der Waals surface area contributed by atoms with Crippen molar-refractivity contribution in [1.82, 2.24) is 9.66 Å². The summed E-state index contributed by atoms with van der Waals surface area (Å²) in [6.45, 7) is 3.44. The highest BCUT2D eigenvalue weighted by Gasteiger charge is 2.07. The normalized spacial score (nSPS) is 11.3. The molecule has 0 spiro atoms. The molecule has 2 N–H and O–H groups in total. The second kappa shape index (κ2) is 4.56. The van der Waals surface area contributed by atoms with Gasteiger partial charge in [-0.3, -0.25) is 0 Å². The number of nitrogen functional groups attached to an aromatic ring is 1. The Morgan fingerprint density at radius 3 is 2.67 bits per heavy atom. The summed E-state index contributed by atoms with van der Waals surface area (Å²) in [7, 11) is 0. The van der Waals surface area contributed by atoms with Crippen LogP contribution in [0.15, 0.2) is 23.4 Å². The molecule has 4 nitrogen and oxygen atoms in total. The minimum atomic E-state index is -0.931. The van der Waals surface area contributed by atoms with Crippen LogP contribution in [0.1, 0.15) is 16.8 Å². The first kappa shape index (κ1) is 12.2. The molecule has 0 bridgehead atoms. The molecule has 0 radical (unpaired) electrons. The van der Waals surface area contributed by atoms with E-state index >= 15 is 0 Å². The number of rotatable bonds is 2. The third-order valence-corrected chi connectivity index (χ3v) is 2.36. The number of anilines is 1. The number of nitrogens with two attached hydrogens (primary N) is 1. The number of imidazole rings is 1. The van der Waals surface area contributed by atoms with E-state index in [1.54, 1.807) is 20.0 Å². The van der Waals surface area contributed by atoms with E-state index in [9.17, 15) is 8.78 Å². The van der Waals surface area contributed by atoms with Crippen molar-refractivity contribution in [3.63, 3.8) is 0 Å². The van der Waals surface area contributed by atoms with E-state index in [0.29, 0.717) is 11.3 Å². The Balaban J connectivity index is 2.37. The van der Waals surface area contributed by atoms with Crippen LogP contribution in [0.25, 0.3) is 0 Å². The second-order valence-electron chi connectivity index (χ2n) is 3.98. The summed E-state index contributed by atoms with van der Waals surface area (Å²) in [5, 5.41) is 3.94. The van der Waals surface area contributed by atoms with E-state index in [4.69, 9.17) is 5.73 Å². The predicted molar refractivity (Wildman–Crippen MR) is 65.5 cm³/mol. The maximum Gasteiger partial charge on any atom is 0.221 e. The third-order valence-electron chi connectivity index (χ3n) is 2.36.